The second-order valence-electron chi connectivity index (χ2n) is 5.72. The molecular formula is C16H30N4O2S. The molecule has 0 aromatic carbocycles. The van der Waals surface area contributed by atoms with Gasteiger partial charge in [0.2, 0.25) is 0 Å². The van der Waals surface area contributed by atoms with E-state index in [0.717, 1.165) is 64.7 Å². The van der Waals surface area contributed by atoms with Gasteiger partial charge in [-0.25, -0.2) is 9.59 Å². The Morgan fingerprint density at radius 3 is 2.17 bits per heavy atom. The highest BCUT2D eigenvalue weighted by Gasteiger charge is 2.19. The lowest BCUT2D eigenvalue weighted by Gasteiger charge is -2.23. The van der Waals surface area contributed by atoms with Gasteiger partial charge in [0.25, 0.3) is 0 Å². The molecule has 0 aromatic heterocycles. The van der Waals surface area contributed by atoms with Crippen molar-refractivity contribution in [1.82, 2.24) is 15.1 Å². The van der Waals surface area contributed by atoms with Gasteiger partial charge in [-0.1, -0.05) is 38.5 Å². The summed E-state index contributed by atoms with van der Waals surface area (Å²) in [6, 6.07) is -0.407. The Labute approximate surface area is 144 Å². The lowest BCUT2D eigenvalue weighted by molar-refractivity contribution is 0.201. The smallest absolute Gasteiger partial charge is 0.324 e. The summed E-state index contributed by atoms with van der Waals surface area (Å²) in [6.45, 7) is 7.22. The predicted molar refractivity (Wildman–Crippen MR) is 97.1 cm³/mol. The molecule has 0 unspecified atom stereocenters. The lowest BCUT2D eigenvalue weighted by Crippen LogP contribution is -2.43. The van der Waals surface area contributed by atoms with E-state index in [1.807, 2.05) is 11.2 Å². The molecule has 1 saturated heterocycles. The van der Waals surface area contributed by atoms with E-state index in [1.165, 1.54) is 11.8 Å². The average Bonchev–Trinajstić information content (AvgIpc) is 3.08. The maximum Gasteiger partial charge on any atom is 0.345 e. The van der Waals surface area contributed by atoms with Gasteiger partial charge in [-0.3, -0.25) is 5.32 Å². The van der Waals surface area contributed by atoms with Gasteiger partial charge in [-0.05, 0) is 31.9 Å². The van der Waals surface area contributed by atoms with Crippen LogP contribution in [0, 0.1) is 0 Å². The van der Waals surface area contributed by atoms with E-state index in [4.69, 9.17) is 0 Å². The van der Waals surface area contributed by atoms with Crippen LogP contribution in [-0.2, 0) is 0 Å². The van der Waals surface area contributed by atoms with Crippen LogP contribution < -0.4 is 5.32 Å². The third-order valence-corrected chi connectivity index (χ3v) is 4.41. The number of carbonyl (C=O) groups is 2. The van der Waals surface area contributed by atoms with Crippen molar-refractivity contribution in [1.29, 1.82) is 0 Å². The van der Waals surface area contributed by atoms with Crippen molar-refractivity contribution in [2.45, 2.75) is 52.4 Å². The first kappa shape index (κ1) is 19.8. The number of urea groups is 2. The first-order chi connectivity index (χ1) is 11.1. The second-order valence-corrected chi connectivity index (χ2v) is 6.52. The van der Waals surface area contributed by atoms with E-state index in [1.54, 1.807) is 4.90 Å². The van der Waals surface area contributed by atoms with Crippen molar-refractivity contribution in [3.05, 3.63) is 0 Å². The monoisotopic (exact) mass is 342 g/mol. The van der Waals surface area contributed by atoms with E-state index in [0.29, 0.717) is 5.17 Å². The molecule has 0 aliphatic carbocycles. The third kappa shape index (κ3) is 7.24. The number of aliphatic imine (C=N–C) groups is 1. The number of amides is 4. The fourth-order valence-electron chi connectivity index (χ4n) is 2.37. The summed E-state index contributed by atoms with van der Waals surface area (Å²) in [5.74, 6) is 0. The zero-order chi connectivity index (χ0) is 17.1. The Balaban J connectivity index is 2.62. The number of rotatable bonds is 6. The van der Waals surface area contributed by atoms with Crippen LogP contribution in [-0.4, -0.2) is 59.5 Å². The van der Waals surface area contributed by atoms with Gasteiger partial charge >= 0.3 is 12.1 Å². The molecule has 1 N–H and O–H groups in total. The summed E-state index contributed by atoms with van der Waals surface area (Å²) in [5, 5.41) is 3.17. The maximum atomic E-state index is 12.4. The molecule has 1 fully saturated rings. The summed E-state index contributed by atoms with van der Waals surface area (Å²) in [4.78, 5) is 32.1. The van der Waals surface area contributed by atoms with E-state index < -0.39 is 0 Å². The van der Waals surface area contributed by atoms with Crippen molar-refractivity contribution in [2.75, 3.05) is 32.4 Å². The van der Waals surface area contributed by atoms with Crippen LogP contribution in [0.5, 0.6) is 0 Å². The molecule has 0 aromatic rings. The minimum Gasteiger partial charge on any atom is -0.324 e. The van der Waals surface area contributed by atoms with E-state index in [-0.39, 0.29) is 12.1 Å². The van der Waals surface area contributed by atoms with E-state index in [9.17, 15) is 9.59 Å². The molecule has 132 valence electrons. The number of amidine groups is 1. The van der Waals surface area contributed by atoms with Crippen molar-refractivity contribution in [3.63, 3.8) is 0 Å². The number of likely N-dealkylation sites (tertiary alicyclic amines) is 1. The molecule has 1 aliphatic heterocycles. The number of carbonyl (C=O) groups excluding carboxylic acids is 2. The molecule has 1 rings (SSSR count). The molecule has 4 amide bonds. The van der Waals surface area contributed by atoms with E-state index in [2.05, 4.69) is 24.2 Å². The minimum atomic E-state index is -0.249. The van der Waals surface area contributed by atoms with Gasteiger partial charge < -0.3 is 9.80 Å². The number of nitrogens with zero attached hydrogens (tertiary/aromatic N) is 3. The van der Waals surface area contributed by atoms with Gasteiger partial charge in [0, 0.05) is 26.2 Å². The van der Waals surface area contributed by atoms with Crippen LogP contribution in [0.4, 0.5) is 9.59 Å². The van der Waals surface area contributed by atoms with Gasteiger partial charge in [-0.2, -0.15) is 4.99 Å². The van der Waals surface area contributed by atoms with Gasteiger partial charge in [0.1, 0.15) is 0 Å². The van der Waals surface area contributed by atoms with E-state index >= 15 is 0 Å². The zero-order valence-electron chi connectivity index (χ0n) is 14.6. The van der Waals surface area contributed by atoms with Gasteiger partial charge in [0.15, 0.2) is 5.17 Å². The van der Waals surface area contributed by atoms with Crippen molar-refractivity contribution >= 4 is 29.0 Å². The highest BCUT2D eigenvalue weighted by Crippen LogP contribution is 2.10. The standard InChI is InChI=1S/C16H30N4O2S/c1-4-6-10-19(11-7-5-2)15(21)17-14(23-3)18-16(22)20-12-8-9-13-20/h4-13H2,1-3H3,(H,17,18,21,22). The average molecular weight is 343 g/mol. The number of nitrogens with one attached hydrogen (secondary N) is 1. The minimum absolute atomic E-state index is 0.158. The summed E-state index contributed by atoms with van der Waals surface area (Å²) in [7, 11) is 0. The predicted octanol–water partition coefficient (Wildman–Crippen LogP) is 3.53. The number of unbranched alkanes of at least 4 members (excludes halogenated alkanes) is 2. The molecule has 7 heteroatoms. The molecule has 0 saturated carbocycles. The van der Waals surface area contributed by atoms with Crippen molar-refractivity contribution in [2.24, 2.45) is 4.99 Å². The summed E-state index contributed by atoms with van der Waals surface area (Å²) >= 11 is 1.29. The van der Waals surface area contributed by atoms with Crippen LogP contribution in [0.1, 0.15) is 52.4 Å². The lowest BCUT2D eigenvalue weighted by atomic mass is 10.3. The molecule has 0 bridgehead atoms. The Bertz CT molecular complexity index is 401. The molecule has 1 aliphatic rings. The Kier molecular flexibility index (Phi) is 9.75. The third-order valence-electron chi connectivity index (χ3n) is 3.83. The Hall–Kier alpha value is -1.24. The molecule has 6 nitrogen and oxygen atoms in total. The number of hydrogen-bond acceptors (Lipinski definition) is 3. The molecule has 23 heavy (non-hydrogen) atoms. The fourth-order valence-corrected chi connectivity index (χ4v) is 2.73. The Morgan fingerprint density at radius 1 is 1.13 bits per heavy atom. The second kappa shape index (κ2) is 11.3. The van der Waals surface area contributed by atoms with Crippen LogP contribution in [0.15, 0.2) is 4.99 Å². The first-order valence-corrected chi connectivity index (χ1v) is 9.82. The van der Waals surface area contributed by atoms with Crippen molar-refractivity contribution in [3.8, 4) is 0 Å². The highest BCUT2D eigenvalue weighted by molar-refractivity contribution is 8.13. The molecular weight excluding hydrogens is 312 g/mol. The van der Waals surface area contributed by atoms with Crippen LogP contribution in [0.2, 0.25) is 0 Å². The van der Waals surface area contributed by atoms with Gasteiger partial charge in [-0.15, -0.1) is 0 Å². The van der Waals surface area contributed by atoms with Crippen molar-refractivity contribution < 1.29 is 9.59 Å². The maximum absolute atomic E-state index is 12.4. The molecule has 0 spiro atoms. The number of thioether (sulfide) groups is 1. The quantitative estimate of drug-likeness (QED) is 0.593. The first-order valence-electron chi connectivity index (χ1n) is 8.59. The molecule has 0 atom stereocenters. The molecule has 0 radical (unpaired) electrons. The fraction of sp³-hybridized carbons (Fsp3) is 0.812. The highest BCUT2D eigenvalue weighted by atomic mass is 32.2. The van der Waals surface area contributed by atoms with Crippen LogP contribution in [0.25, 0.3) is 0 Å². The Morgan fingerprint density at radius 2 is 1.70 bits per heavy atom. The van der Waals surface area contributed by atoms with Gasteiger partial charge in [0.05, 0.1) is 0 Å². The van der Waals surface area contributed by atoms with Crippen LogP contribution >= 0.6 is 11.8 Å². The summed E-state index contributed by atoms with van der Waals surface area (Å²) in [5.41, 5.74) is 0. The zero-order valence-corrected chi connectivity index (χ0v) is 15.5. The molecule has 1 heterocycles. The SMILES string of the molecule is CCCCN(CCCC)C(=O)NC(=NC(=O)N1CCCC1)SC. The number of hydrogen-bond donors (Lipinski definition) is 1. The topological polar surface area (TPSA) is 65.0 Å². The summed E-state index contributed by atoms with van der Waals surface area (Å²) < 4.78 is 0. The summed E-state index contributed by atoms with van der Waals surface area (Å²) in [6.07, 6.45) is 7.94. The van der Waals surface area contributed by atoms with Crippen LogP contribution in [0.3, 0.4) is 0 Å². The normalized spacial score (nSPS) is 14.9. The largest absolute Gasteiger partial charge is 0.345 e.